The van der Waals surface area contributed by atoms with Crippen LogP contribution in [-0.2, 0) is 4.79 Å². The van der Waals surface area contributed by atoms with Crippen LogP contribution in [-0.4, -0.2) is 35.0 Å². The van der Waals surface area contributed by atoms with Gasteiger partial charge in [-0.1, -0.05) is 26.0 Å². The summed E-state index contributed by atoms with van der Waals surface area (Å²) in [6.07, 6.45) is 5.53. The fraction of sp³-hybridized carbons (Fsp3) is 0.417. The molecule has 0 fully saturated rings. The molecule has 1 amide bonds. The minimum Gasteiger partial charge on any atom is -0.492 e. The van der Waals surface area contributed by atoms with Crippen molar-refractivity contribution in [2.75, 3.05) is 13.1 Å². The van der Waals surface area contributed by atoms with Crippen molar-refractivity contribution in [2.45, 2.75) is 19.9 Å². The van der Waals surface area contributed by atoms with Crippen LogP contribution in [0.1, 0.15) is 13.8 Å². The summed E-state index contributed by atoms with van der Waals surface area (Å²) in [6, 6.07) is 0.0776. The van der Waals surface area contributed by atoms with Crippen molar-refractivity contribution >= 4 is 5.91 Å². The summed E-state index contributed by atoms with van der Waals surface area (Å²) in [5.41, 5.74) is 0.908. The van der Waals surface area contributed by atoms with E-state index in [0.717, 1.165) is 13.1 Å². The lowest BCUT2D eigenvalue weighted by molar-refractivity contribution is -0.114. The summed E-state index contributed by atoms with van der Waals surface area (Å²) in [7, 11) is 0. The monoisotopic (exact) mass is 233 g/mol. The maximum atomic E-state index is 11.6. The van der Waals surface area contributed by atoms with Crippen LogP contribution in [0.3, 0.4) is 0 Å². The molecule has 0 bridgehead atoms. The van der Waals surface area contributed by atoms with Crippen LogP contribution in [0.15, 0.2) is 45.5 Å². The number of amides is 1. The molecule has 5 heteroatoms. The predicted molar refractivity (Wildman–Crippen MR) is 63.4 cm³/mol. The number of nitrogens with zero attached hydrogens (tertiary/aromatic N) is 3. The minimum absolute atomic E-state index is 0.0776. The topological polar surface area (TPSA) is 65.3 Å². The maximum Gasteiger partial charge on any atom is 0.296 e. The number of carbonyl (C=O) groups is 1. The van der Waals surface area contributed by atoms with Crippen molar-refractivity contribution < 1.29 is 9.90 Å². The molecule has 2 rings (SSSR count). The standard InChI is InChI=1S/C12H15N3O2/c1-3-15(4-2)8-5-6-9-10(7-8)12(17)14-13-11(9)16/h5-8,16H,3-4H2,1-2H3. The summed E-state index contributed by atoms with van der Waals surface area (Å²) in [5, 5.41) is 16.3. The first-order valence-electron chi connectivity index (χ1n) is 5.71. The van der Waals surface area contributed by atoms with Gasteiger partial charge >= 0.3 is 0 Å². The summed E-state index contributed by atoms with van der Waals surface area (Å²) >= 11 is 0. The summed E-state index contributed by atoms with van der Waals surface area (Å²) in [6.45, 7) is 5.94. The Labute approximate surface area is 99.8 Å². The summed E-state index contributed by atoms with van der Waals surface area (Å²) in [4.78, 5) is 13.8. The number of fused-ring (bicyclic) bond motifs is 1. The molecule has 1 aliphatic heterocycles. The third-order valence-electron chi connectivity index (χ3n) is 3.03. The van der Waals surface area contributed by atoms with Crippen molar-refractivity contribution in [1.29, 1.82) is 0 Å². The van der Waals surface area contributed by atoms with Crippen LogP contribution in [0, 0.1) is 0 Å². The Kier molecular flexibility index (Phi) is 3.19. The van der Waals surface area contributed by atoms with Crippen molar-refractivity contribution in [1.82, 2.24) is 4.90 Å². The number of azo groups is 1. The largest absolute Gasteiger partial charge is 0.492 e. The Bertz CT molecular complexity index is 456. The highest BCUT2D eigenvalue weighted by Crippen LogP contribution is 2.27. The van der Waals surface area contributed by atoms with Gasteiger partial charge in [0.25, 0.3) is 5.91 Å². The molecule has 0 spiro atoms. The first-order valence-corrected chi connectivity index (χ1v) is 5.71. The molecule has 5 nitrogen and oxygen atoms in total. The van der Waals surface area contributed by atoms with E-state index in [4.69, 9.17) is 0 Å². The fourth-order valence-electron chi connectivity index (χ4n) is 2.06. The number of aliphatic hydroxyl groups is 1. The highest BCUT2D eigenvalue weighted by Gasteiger charge is 2.26. The van der Waals surface area contributed by atoms with Crippen molar-refractivity contribution in [3.8, 4) is 0 Å². The first-order chi connectivity index (χ1) is 8.17. The molecule has 0 radical (unpaired) electrons. The number of hydrogen-bond acceptors (Lipinski definition) is 4. The van der Waals surface area contributed by atoms with E-state index in [1.165, 1.54) is 0 Å². The van der Waals surface area contributed by atoms with E-state index < -0.39 is 0 Å². The molecule has 0 aromatic heterocycles. The lowest BCUT2D eigenvalue weighted by Crippen LogP contribution is -2.34. The molecular weight excluding hydrogens is 218 g/mol. The quantitative estimate of drug-likeness (QED) is 0.810. The van der Waals surface area contributed by atoms with Crippen molar-refractivity contribution in [3.63, 3.8) is 0 Å². The third-order valence-corrected chi connectivity index (χ3v) is 3.03. The highest BCUT2D eigenvalue weighted by atomic mass is 16.3. The van der Waals surface area contributed by atoms with Gasteiger partial charge in [-0.3, -0.25) is 9.69 Å². The van der Waals surface area contributed by atoms with Gasteiger partial charge in [0.15, 0.2) is 0 Å². The molecule has 0 saturated heterocycles. The summed E-state index contributed by atoms with van der Waals surface area (Å²) in [5.74, 6) is -0.579. The smallest absolute Gasteiger partial charge is 0.296 e. The van der Waals surface area contributed by atoms with Gasteiger partial charge in [0, 0.05) is 6.04 Å². The SMILES string of the molecule is CCN(CC)C1C=CC2=C(O)N=NC(=O)C2=C1. The Morgan fingerprint density at radius 3 is 2.71 bits per heavy atom. The number of likely N-dealkylation sites (N-methyl/N-ethyl adjacent to an activating group) is 1. The predicted octanol–water partition coefficient (Wildman–Crippen LogP) is 1.95. The van der Waals surface area contributed by atoms with E-state index in [1.807, 2.05) is 12.2 Å². The molecule has 1 N–H and O–H groups in total. The van der Waals surface area contributed by atoms with E-state index in [9.17, 15) is 9.90 Å². The average molecular weight is 233 g/mol. The number of hydrogen-bond donors (Lipinski definition) is 1. The van der Waals surface area contributed by atoms with Crippen molar-refractivity contribution in [2.24, 2.45) is 10.2 Å². The molecule has 1 heterocycles. The molecule has 0 aromatic carbocycles. The molecule has 1 atom stereocenters. The van der Waals surface area contributed by atoms with Crippen LogP contribution >= 0.6 is 0 Å². The lowest BCUT2D eigenvalue weighted by Gasteiger charge is -2.28. The molecule has 1 aliphatic carbocycles. The zero-order chi connectivity index (χ0) is 12.4. The maximum absolute atomic E-state index is 11.6. The van der Waals surface area contributed by atoms with Gasteiger partial charge in [0.05, 0.1) is 11.1 Å². The molecule has 1 unspecified atom stereocenters. The number of allylic oxidation sites excluding steroid dienone is 1. The minimum atomic E-state index is -0.390. The van der Waals surface area contributed by atoms with E-state index in [2.05, 4.69) is 29.0 Å². The van der Waals surface area contributed by atoms with Gasteiger partial charge in [0.1, 0.15) is 0 Å². The van der Waals surface area contributed by atoms with Gasteiger partial charge < -0.3 is 5.11 Å². The Hall–Kier alpha value is -1.75. The van der Waals surface area contributed by atoms with Crippen molar-refractivity contribution in [3.05, 3.63) is 35.3 Å². The number of aliphatic hydroxyl groups excluding tert-OH is 1. The molecule has 0 aromatic rings. The second-order valence-electron chi connectivity index (χ2n) is 3.89. The van der Waals surface area contributed by atoms with E-state index in [0.29, 0.717) is 11.1 Å². The lowest BCUT2D eigenvalue weighted by atomic mass is 9.95. The number of carbonyl (C=O) groups excluding carboxylic acids is 1. The van der Waals surface area contributed by atoms with Gasteiger partial charge in [0.2, 0.25) is 5.88 Å². The van der Waals surface area contributed by atoms with E-state index in [-0.39, 0.29) is 17.8 Å². The van der Waals surface area contributed by atoms with Crippen LogP contribution in [0.25, 0.3) is 0 Å². The highest BCUT2D eigenvalue weighted by molar-refractivity contribution is 6.00. The Morgan fingerprint density at radius 2 is 2.06 bits per heavy atom. The van der Waals surface area contributed by atoms with E-state index >= 15 is 0 Å². The Balaban J connectivity index is 2.34. The molecular formula is C12H15N3O2. The molecule has 0 saturated carbocycles. The molecule has 17 heavy (non-hydrogen) atoms. The van der Waals surface area contributed by atoms with Gasteiger partial charge in [-0.25, -0.2) is 0 Å². The second-order valence-corrected chi connectivity index (χ2v) is 3.89. The normalized spacial score (nSPS) is 23.1. The van der Waals surface area contributed by atoms with Gasteiger partial charge in [-0.2, -0.15) is 0 Å². The van der Waals surface area contributed by atoms with Crippen LogP contribution in [0.2, 0.25) is 0 Å². The third kappa shape index (κ3) is 2.06. The van der Waals surface area contributed by atoms with Crippen LogP contribution < -0.4 is 0 Å². The average Bonchev–Trinajstić information content (AvgIpc) is 2.36. The Morgan fingerprint density at radius 1 is 1.35 bits per heavy atom. The zero-order valence-electron chi connectivity index (χ0n) is 9.92. The number of rotatable bonds is 3. The first kappa shape index (κ1) is 11.7. The zero-order valence-corrected chi connectivity index (χ0v) is 9.92. The van der Waals surface area contributed by atoms with Crippen LogP contribution in [0.5, 0.6) is 0 Å². The van der Waals surface area contributed by atoms with Crippen LogP contribution in [0.4, 0.5) is 0 Å². The molecule has 90 valence electrons. The van der Waals surface area contributed by atoms with Gasteiger partial charge in [-0.15, -0.1) is 10.2 Å². The molecule has 2 aliphatic rings. The summed E-state index contributed by atoms with van der Waals surface area (Å²) < 4.78 is 0. The van der Waals surface area contributed by atoms with Gasteiger partial charge in [-0.05, 0) is 19.2 Å². The second kappa shape index (κ2) is 4.63. The fourth-order valence-corrected chi connectivity index (χ4v) is 2.06. The van der Waals surface area contributed by atoms with E-state index in [1.54, 1.807) is 6.08 Å².